The molecule has 4 nitrogen and oxygen atoms in total. The van der Waals surface area contributed by atoms with Gasteiger partial charge in [-0.25, -0.2) is 4.39 Å². The Morgan fingerprint density at radius 1 is 1.47 bits per heavy atom. The summed E-state index contributed by atoms with van der Waals surface area (Å²) in [7, 11) is 0. The molecule has 1 atom stereocenters. The molecule has 0 aliphatic heterocycles. The molecule has 1 amide bonds. The van der Waals surface area contributed by atoms with Gasteiger partial charge in [-0.05, 0) is 30.3 Å². The Morgan fingerprint density at radius 2 is 2.26 bits per heavy atom. The van der Waals surface area contributed by atoms with Crippen molar-refractivity contribution in [1.82, 2.24) is 5.32 Å². The maximum absolute atomic E-state index is 13.5. The first-order chi connectivity index (χ1) is 9.08. The lowest BCUT2D eigenvalue weighted by atomic mass is 10.2. The van der Waals surface area contributed by atoms with Crippen LogP contribution in [0.25, 0.3) is 0 Å². The van der Waals surface area contributed by atoms with Crippen molar-refractivity contribution in [2.24, 2.45) is 0 Å². The van der Waals surface area contributed by atoms with Gasteiger partial charge in [0.1, 0.15) is 17.7 Å². The van der Waals surface area contributed by atoms with Crippen molar-refractivity contribution in [1.29, 1.82) is 0 Å². The standard InChI is InChI=1S/C13H11ClFNO3/c14-8-3-4-9(10(15)6-8)13(18)16-7-11(17)12-2-1-5-19-12/h1-6,11,17H,7H2,(H,16,18). The number of aliphatic hydroxyl groups is 1. The van der Waals surface area contributed by atoms with Gasteiger partial charge in [-0.2, -0.15) is 0 Å². The Balaban J connectivity index is 1.98. The molecule has 0 fully saturated rings. The van der Waals surface area contributed by atoms with E-state index < -0.39 is 17.8 Å². The molecule has 2 aromatic rings. The molecule has 6 heteroatoms. The van der Waals surface area contributed by atoms with Crippen molar-refractivity contribution >= 4 is 17.5 Å². The number of benzene rings is 1. The Kier molecular flexibility index (Phi) is 4.19. The van der Waals surface area contributed by atoms with Crippen LogP contribution < -0.4 is 5.32 Å². The van der Waals surface area contributed by atoms with Crippen LogP contribution in [0.1, 0.15) is 22.2 Å². The quantitative estimate of drug-likeness (QED) is 0.906. The molecule has 0 saturated carbocycles. The number of carbonyl (C=O) groups excluding carboxylic acids is 1. The predicted octanol–water partition coefficient (Wildman–Crippen LogP) is 2.54. The number of amides is 1. The molecule has 2 rings (SSSR count). The number of carbonyl (C=O) groups is 1. The highest BCUT2D eigenvalue weighted by molar-refractivity contribution is 6.30. The van der Waals surface area contributed by atoms with E-state index in [9.17, 15) is 14.3 Å². The largest absolute Gasteiger partial charge is 0.467 e. The maximum Gasteiger partial charge on any atom is 0.254 e. The van der Waals surface area contributed by atoms with Gasteiger partial charge in [0, 0.05) is 5.02 Å². The number of hydrogen-bond donors (Lipinski definition) is 2. The molecule has 0 aliphatic rings. The second-order valence-corrected chi connectivity index (χ2v) is 4.30. The van der Waals surface area contributed by atoms with Crippen LogP contribution in [-0.2, 0) is 0 Å². The average Bonchev–Trinajstić information content (AvgIpc) is 2.89. The van der Waals surface area contributed by atoms with Gasteiger partial charge in [-0.1, -0.05) is 11.6 Å². The molecular weight excluding hydrogens is 273 g/mol. The fourth-order valence-corrected chi connectivity index (χ4v) is 1.70. The number of hydrogen-bond acceptors (Lipinski definition) is 3. The van der Waals surface area contributed by atoms with Crippen molar-refractivity contribution in [3.05, 3.63) is 58.8 Å². The van der Waals surface area contributed by atoms with Crippen LogP contribution in [0.5, 0.6) is 0 Å². The minimum absolute atomic E-state index is 0.0750. The number of halogens is 2. The van der Waals surface area contributed by atoms with E-state index in [0.29, 0.717) is 5.76 Å². The second-order valence-electron chi connectivity index (χ2n) is 3.87. The molecule has 1 aromatic carbocycles. The summed E-state index contributed by atoms with van der Waals surface area (Å²) in [5.74, 6) is -1.01. The van der Waals surface area contributed by atoms with E-state index in [1.807, 2.05) is 0 Å². The van der Waals surface area contributed by atoms with Gasteiger partial charge < -0.3 is 14.8 Å². The first-order valence-electron chi connectivity index (χ1n) is 5.52. The van der Waals surface area contributed by atoms with Crippen LogP contribution in [0.4, 0.5) is 4.39 Å². The van der Waals surface area contributed by atoms with E-state index in [1.165, 1.54) is 18.4 Å². The first kappa shape index (κ1) is 13.6. The summed E-state index contributed by atoms with van der Waals surface area (Å²) in [5.41, 5.74) is -0.129. The smallest absolute Gasteiger partial charge is 0.254 e. The Labute approximate surface area is 113 Å². The third kappa shape index (κ3) is 3.33. The zero-order valence-corrected chi connectivity index (χ0v) is 10.5. The average molecular weight is 284 g/mol. The van der Waals surface area contributed by atoms with Crippen molar-refractivity contribution in [2.75, 3.05) is 6.54 Å². The zero-order valence-electron chi connectivity index (χ0n) is 9.77. The SMILES string of the molecule is O=C(NCC(O)c1ccco1)c1ccc(Cl)cc1F. The summed E-state index contributed by atoms with van der Waals surface area (Å²) in [6.07, 6.45) is 0.438. The summed E-state index contributed by atoms with van der Waals surface area (Å²) in [6, 6.07) is 6.97. The molecule has 0 spiro atoms. The van der Waals surface area contributed by atoms with Crippen molar-refractivity contribution in [2.45, 2.75) is 6.10 Å². The predicted molar refractivity (Wildman–Crippen MR) is 67.4 cm³/mol. The third-order valence-electron chi connectivity index (χ3n) is 2.50. The van der Waals surface area contributed by atoms with Crippen LogP contribution in [0.15, 0.2) is 41.0 Å². The molecule has 1 heterocycles. The fourth-order valence-electron chi connectivity index (χ4n) is 1.54. The zero-order chi connectivity index (χ0) is 13.8. The minimum atomic E-state index is -0.977. The van der Waals surface area contributed by atoms with E-state index in [4.69, 9.17) is 16.0 Å². The molecule has 19 heavy (non-hydrogen) atoms. The topological polar surface area (TPSA) is 62.5 Å². The number of nitrogens with one attached hydrogen (secondary N) is 1. The lowest BCUT2D eigenvalue weighted by Crippen LogP contribution is -2.28. The Morgan fingerprint density at radius 3 is 2.89 bits per heavy atom. The molecule has 100 valence electrons. The van der Waals surface area contributed by atoms with Crippen LogP contribution in [0.2, 0.25) is 5.02 Å². The second kappa shape index (κ2) is 5.86. The Hall–Kier alpha value is -1.85. The fraction of sp³-hybridized carbons (Fsp3) is 0.154. The lowest BCUT2D eigenvalue weighted by molar-refractivity contribution is 0.0897. The maximum atomic E-state index is 13.5. The van der Waals surface area contributed by atoms with E-state index in [-0.39, 0.29) is 17.1 Å². The van der Waals surface area contributed by atoms with Crippen molar-refractivity contribution in [3.63, 3.8) is 0 Å². The number of furan rings is 1. The summed E-state index contributed by atoms with van der Waals surface area (Å²) in [6.45, 7) is -0.0750. The summed E-state index contributed by atoms with van der Waals surface area (Å²) in [5, 5.41) is 12.3. The molecule has 2 N–H and O–H groups in total. The van der Waals surface area contributed by atoms with Crippen LogP contribution >= 0.6 is 11.6 Å². The normalized spacial score (nSPS) is 12.2. The van der Waals surface area contributed by atoms with Crippen LogP contribution in [0, 0.1) is 5.82 Å². The summed E-state index contributed by atoms with van der Waals surface area (Å²) < 4.78 is 18.5. The minimum Gasteiger partial charge on any atom is -0.467 e. The first-order valence-corrected chi connectivity index (χ1v) is 5.90. The van der Waals surface area contributed by atoms with Crippen molar-refractivity contribution < 1.29 is 18.7 Å². The molecule has 0 aliphatic carbocycles. The molecular formula is C13H11ClFNO3. The summed E-state index contributed by atoms with van der Waals surface area (Å²) in [4.78, 5) is 11.7. The van der Waals surface area contributed by atoms with E-state index in [0.717, 1.165) is 6.07 Å². The highest BCUT2D eigenvalue weighted by atomic mass is 35.5. The third-order valence-corrected chi connectivity index (χ3v) is 2.74. The van der Waals surface area contributed by atoms with Gasteiger partial charge in [0.15, 0.2) is 0 Å². The van der Waals surface area contributed by atoms with Gasteiger partial charge >= 0.3 is 0 Å². The van der Waals surface area contributed by atoms with E-state index in [2.05, 4.69) is 5.32 Å². The van der Waals surface area contributed by atoms with Gasteiger partial charge in [0.2, 0.25) is 0 Å². The number of aliphatic hydroxyl groups excluding tert-OH is 1. The molecule has 0 saturated heterocycles. The number of rotatable bonds is 4. The van der Waals surface area contributed by atoms with Gasteiger partial charge in [0.05, 0.1) is 18.4 Å². The Bertz CT molecular complexity index is 571. The van der Waals surface area contributed by atoms with Crippen molar-refractivity contribution in [3.8, 4) is 0 Å². The molecule has 1 aromatic heterocycles. The van der Waals surface area contributed by atoms with Gasteiger partial charge in [0.25, 0.3) is 5.91 Å². The van der Waals surface area contributed by atoms with Crippen LogP contribution in [0.3, 0.4) is 0 Å². The van der Waals surface area contributed by atoms with E-state index in [1.54, 1.807) is 12.1 Å². The lowest BCUT2D eigenvalue weighted by Gasteiger charge is -2.10. The van der Waals surface area contributed by atoms with Gasteiger partial charge in [-0.15, -0.1) is 0 Å². The highest BCUT2D eigenvalue weighted by Crippen LogP contribution is 2.15. The molecule has 1 unspecified atom stereocenters. The van der Waals surface area contributed by atoms with E-state index >= 15 is 0 Å². The molecule has 0 bridgehead atoms. The highest BCUT2D eigenvalue weighted by Gasteiger charge is 2.15. The molecule has 0 radical (unpaired) electrons. The van der Waals surface area contributed by atoms with Gasteiger partial charge in [-0.3, -0.25) is 4.79 Å². The van der Waals surface area contributed by atoms with Crippen LogP contribution in [-0.4, -0.2) is 17.6 Å². The summed E-state index contributed by atoms with van der Waals surface area (Å²) >= 11 is 5.59. The monoisotopic (exact) mass is 283 g/mol.